The van der Waals surface area contributed by atoms with Crippen LogP contribution >= 0.6 is 11.3 Å². The molecule has 104 valence electrons. The van der Waals surface area contributed by atoms with E-state index in [9.17, 15) is 0 Å². The summed E-state index contributed by atoms with van der Waals surface area (Å²) in [6, 6.07) is 0. The number of aromatic nitrogens is 1. The Bertz CT molecular complexity index is 318. The Morgan fingerprint density at radius 3 is 2.94 bits per heavy atom. The summed E-state index contributed by atoms with van der Waals surface area (Å²) in [6.07, 6.45) is 2.21. The maximum Gasteiger partial charge on any atom is 0.0932 e. The van der Waals surface area contributed by atoms with E-state index in [0.29, 0.717) is 6.61 Å². The molecule has 1 heterocycles. The molecule has 1 atom stereocenters. The lowest BCUT2D eigenvalue weighted by Gasteiger charge is -2.17. The third kappa shape index (κ3) is 5.91. The van der Waals surface area contributed by atoms with Crippen molar-refractivity contribution in [3.8, 4) is 0 Å². The molecule has 0 spiro atoms. The fourth-order valence-electron chi connectivity index (χ4n) is 1.68. The summed E-state index contributed by atoms with van der Waals surface area (Å²) in [7, 11) is 1.71. The standard InChI is InChI=1S/C13H24N2O2S/c1-4-6-14-8-12(9-16-3)17-7-5-13-11(2)15-10-18-13/h10,12,14H,4-9H2,1-3H3. The molecular formula is C13H24N2O2S. The molecule has 5 heteroatoms. The lowest BCUT2D eigenvalue weighted by Crippen LogP contribution is -2.33. The SMILES string of the molecule is CCCNCC(COC)OCCc1scnc1C. The molecule has 0 aliphatic rings. The van der Waals surface area contributed by atoms with Crippen molar-refractivity contribution in [2.24, 2.45) is 0 Å². The van der Waals surface area contributed by atoms with E-state index >= 15 is 0 Å². The van der Waals surface area contributed by atoms with Gasteiger partial charge in [0.15, 0.2) is 0 Å². The first-order valence-electron chi connectivity index (χ1n) is 6.48. The molecule has 0 aliphatic heterocycles. The second kappa shape index (κ2) is 9.44. The van der Waals surface area contributed by atoms with Crippen LogP contribution in [0, 0.1) is 6.92 Å². The molecule has 1 aromatic heterocycles. The van der Waals surface area contributed by atoms with Gasteiger partial charge in [-0.3, -0.25) is 0 Å². The highest BCUT2D eigenvalue weighted by Crippen LogP contribution is 2.12. The normalized spacial score (nSPS) is 12.8. The van der Waals surface area contributed by atoms with Gasteiger partial charge >= 0.3 is 0 Å². The number of nitrogens with one attached hydrogen (secondary N) is 1. The van der Waals surface area contributed by atoms with E-state index in [4.69, 9.17) is 9.47 Å². The third-order valence-electron chi connectivity index (χ3n) is 2.68. The smallest absolute Gasteiger partial charge is 0.0932 e. The van der Waals surface area contributed by atoms with Crippen LogP contribution < -0.4 is 5.32 Å². The van der Waals surface area contributed by atoms with Crippen LogP contribution in [-0.2, 0) is 15.9 Å². The molecule has 1 rings (SSSR count). The van der Waals surface area contributed by atoms with E-state index in [1.807, 2.05) is 12.4 Å². The molecule has 0 fully saturated rings. The maximum atomic E-state index is 5.85. The molecule has 0 aromatic carbocycles. The topological polar surface area (TPSA) is 43.4 Å². The van der Waals surface area contributed by atoms with Gasteiger partial charge in [-0.2, -0.15) is 0 Å². The minimum Gasteiger partial charge on any atom is -0.382 e. The number of rotatable bonds is 10. The van der Waals surface area contributed by atoms with Crippen molar-refractivity contribution >= 4 is 11.3 Å². The first kappa shape index (κ1) is 15.6. The second-order valence-electron chi connectivity index (χ2n) is 4.26. The number of hydrogen-bond acceptors (Lipinski definition) is 5. The highest BCUT2D eigenvalue weighted by molar-refractivity contribution is 7.09. The molecule has 0 amide bonds. The monoisotopic (exact) mass is 272 g/mol. The highest BCUT2D eigenvalue weighted by atomic mass is 32.1. The van der Waals surface area contributed by atoms with Crippen molar-refractivity contribution < 1.29 is 9.47 Å². The second-order valence-corrected chi connectivity index (χ2v) is 5.20. The van der Waals surface area contributed by atoms with Gasteiger partial charge in [0.25, 0.3) is 0 Å². The van der Waals surface area contributed by atoms with Crippen molar-refractivity contribution in [1.82, 2.24) is 10.3 Å². The summed E-state index contributed by atoms with van der Waals surface area (Å²) in [4.78, 5) is 5.55. The van der Waals surface area contributed by atoms with Crippen molar-refractivity contribution in [3.63, 3.8) is 0 Å². The molecule has 1 N–H and O–H groups in total. The summed E-state index contributed by atoms with van der Waals surface area (Å²) in [5.74, 6) is 0. The number of hydrogen-bond donors (Lipinski definition) is 1. The maximum absolute atomic E-state index is 5.85. The Morgan fingerprint density at radius 1 is 1.50 bits per heavy atom. The van der Waals surface area contributed by atoms with E-state index in [1.165, 1.54) is 4.88 Å². The molecular weight excluding hydrogens is 248 g/mol. The summed E-state index contributed by atoms with van der Waals surface area (Å²) in [5, 5.41) is 3.36. The molecule has 0 saturated heterocycles. The minimum absolute atomic E-state index is 0.134. The van der Waals surface area contributed by atoms with Crippen LogP contribution in [0.1, 0.15) is 23.9 Å². The first-order valence-corrected chi connectivity index (χ1v) is 7.36. The zero-order valence-electron chi connectivity index (χ0n) is 11.6. The lowest BCUT2D eigenvalue weighted by molar-refractivity contribution is 0.000654. The summed E-state index contributed by atoms with van der Waals surface area (Å²) >= 11 is 1.70. The Morgan fingerprint density at radius 2 is 2.33 bits per heavy atom. The van der Waals surface area contributed by atoms with Crippen molar-refractivity contribution in [1.29, 1.82) is 0 Å². The third-order valence-corrected chi connectivity index (χ3v) is 3.67. The van der Waals surface area contributed by atoms with Crippen LogP contribution in [0.2, 0.25) is 0 Å². The molecule has 0 saturated carbocycles. The average molecular weight is 272 g/mol. The Balaban J connectivity index is 2.22. The number of methoxy groups -OCH3 is 1. The van der Waals surface area contributed by atoms with Crippen LogP contribution in [0.5, 0.6) is 0 Å². The van der Waals surface area contributed by atoms with Gasteiger partial charge in [-0.25, -0.2) is 4.98 Å². The van der Waals surface area contributed by atoms with Gasteiger partial charge in [-0.1, -0.05) is 6.92 Å². The van der Waals surface area contributed by atoms with Crippen molar-refractivity contribution in [3.05, 3.63) is 16.1 Å². The predicted molar refractivity (Wildman–Crippen MR) is 75.3 cm³/mol. The van der Waals surface area contributed by atoms with Gasteiger partial charge in [0.2, 0.25) is 0 Å². The van der Waals surface area contributed by atoms with Crippen LogP contribution in [0.3, 0.4) is 0 Å². The van der Waals surface area contributed by atoms with E-state index in [0.717, 1.165) is 38.2 Å². The van der Waals surface area contributed by atoms with E-state index < -0.39 is 0 Å². The van der Waals surface area contributed by atoms with Crippen molar-refractivity contribution in [2.45, 2.75) is 32.8 Å². The Labute approximate surface area is 114 Å². The van der Waals surface area contributed by atoms with Gasteiger partial charge < -0.3 is 14.8 Å². The molecule has 0 radical (unpaired) electrons. The largest absolute Gasteiger partial charge is 0.382 e. The fourth-order valence-corrected chi connectivity index (χ4v) is 2.44. The van der Waals surface area contributed by atoms with Crippen LogP contribution in [-0.4, -0.2) is 44.5 Å². The van der Waals surface area contributed by atoms with E-state index in [-0.39, 0.29) is 6.10 Å². The molecule has 0 bridgehead atoms. The van der Waals surface area contributed by atoms with Gasteiger partial charge in [0.1, 0.15) is 0 Å². The Kier molecular flexibility index (Phi) is 8.17. The fraction of sp³-hybridized carbons (Fsp3) is 0.769. The zero-order chi connectivity index (χ0) is 13.2. The van der Waals surface area contributed by atoms with Crippen LogP contribution in [0.25, 0.3) is 0 Å². The lowest BCUT2D eigenvalue weighted by atomic mass is 10.3. The zero-order valence-corrected chi connectivity index (χ0v) is 12.4. The molecule has 1 aromatic rings. The Hall–Kier alpha value is -0.490. The van der Waals surface area contributed by atoms with Crippen molar-refractivity contribution in [2.75, 3.05) is 33.4 Å². The summed E-state index contributed by atoms with van der Waals surface area (Å²) in [6.45, 7) is 7.44. The van der Waals surface area contributed by atoms with E-state index in [2.05, 4.69) is 17.2 Å². The van der Waals surface area contributed by atoms with Gasteiger partial charge in [-0.15, -0.1) is 11.3 Å². The van der Waals surface area contributed by atoms with Crippen LogP contribution in [0.4, 0.5) is 0 Å². The van der Waals surface area contributed by atoms with Crippen LogP contribution in [0.15, 0.2) is 5.51 Å². The molecule has 4 nitrogen and oxygen atoms in total. The number of aryl methyl sites for hydroxylation is 1. The molecule has 1 unspecified atom stereocenters. The van der Waals surface area contributed by atoms with Gasteiger partial charge in [-0.05, 0) is 19.9 Å². The van der Waals surface area contributed by atoms with Gasteiger partial charge in [0, 0.05) is 25.0 Å². The predicted octanol–water partition coefficient (Wildman–Crippen LogP) is 2.03. The summed E-state index contributed by atoms with van der Waals surface area (Å²) < 4.78 is 11.0. The molecule has 18 heavy (non-hydrogen) atoms. The quantitative estimate of drug-likeness (QED) is 0.662. The average Bonchev–Trinajstić information content (AvgIpc) is 2.75. The number of thiazole rings is 1. The first-order chi connectivity index (χ1) is 8.77. The number of ether oxygens (including phenoxy) is 2. The van der Waals surface area contributed by atoms with Gasteiger partial charge in [0.05, 0.1) is 30.5 Å². The van der Waals surface area contributed by atoms with E-state index in [1.54, 1.807) is 18.4 Å². The molecule has 0 aliphatic carbocycles. The minimum atomic E-state index is 0.134. The summed E-state index contributed by atoms with van der Waals surface area (Å²) in [5.41, 5.74) is 3.01. The highest BCUT2D eigenvalue weighted by Gasteiger charge is 2.09. The number of nitrogens with zero attached hydrogens (tertiary/aromatic N) is 1.